The van der Waals surface area contributed by atoms with Crippen LogP contribution in [0.4, 0.5) is 4.39 Å². The van der Waals surface area contributed by atoms with E-state index >= 15 is 0 Å². The largest absolute Gasteiger partial charge is 0.496 e. The van der Waals surface area contributed by atoms with Crippen molar-refractivity contribution < 1.29 is 9.13 Å². The van der Waals surface area contributed by atoms with E-state index in [4.69, 9.17) is 4.74 Å². The van der Waals surface area contributed by atoms with E-state index in [1.807, 2.05) is 13.1 Å². The van der Waals surface area contributed by atoms with Crippen molar-refractivity contribution in [3.63, 3.8) is 0 Å². The maximum atomic E-state index is 13.8. The number of halogens is 2. The Balaban J connectivity index is 2.34. The van der Waals surface area contributed by atoms with E-state index in [2.05, 4.69) is 21.2 Å². The number of nitrogens with one attached hydrogen (secondary N) is 1. The van der Waals surface area contributed by atoms with Crippen LogP contribution >= 0.6 is 15.9 Å². The van der Waals surface area contributed by atoms with Gasteiger partial charge in [0.2, 0.25) is 0 Å². The average molecular weight is 300 g/mol. The second kappa shape index (κ2) is 5.65. The van der Waals surface area contributed by atoms with Crippen molar-refractivity contribution in [2.75, 3.05) is 13.7 Å². The lowest BCUT2D eigenvalue weighted by atomic mass is 10.0. The van der Waals surface area contributed by atoms with Gasteiger partial charge in [-0.2, -0.15) is 0 Å². The van der Waals surface area contributed by atoms with Gasteiger partial charge in [0.1, 0.15) is 11.6 Å². The van der Waals surface area contributed by atoms with Gasteiger partial charge in [-0.1, -0.05) is 15.9 Å². The van der Waals surface area contributed by atoms with Crippen LogP contribution in [-0.2, 0) is 4.74 Å². The quantitative estimate of drug-likeness (QED) is 0.922. The van der Waals surface area contributed by atoms with E-state index in [0.717, 1.165) is 23.1 Å². The molecule has 0 bridgehead atoms. The third-order valence-electron chi connectivity index (χ3n) is 2.80. The monoisotopic (exact) mass is 299 g/mol. The molecule has 0 aliphatic carbocycles. The van der Waals surface area contributed by atoms with Gasteiger partial charge >= 0.3 is 0 Å². The lowest BCUT2D eigenvalue weighted by Gasteiger charge is -2.24. The van der Waals surface area contributed by atoms with Gasteiger partial charge in [-0.05, 0) is 44.2 Å². The Morgan fingerprint density at radius 3 is 2.94 bits per heavy atom. The molecule has 0 radical (unpaired) electrons. The van der Waals surface area contributed by atoms with Crippen LogP contribution in [0.15, 0.2) is 34.5 Å². The Bertz CT molecular complexity index is 433. The Labute approximate surface area is 109 Å². The molecule has 0 saturated carbocycles. The van der Waals surface area contributed by atoms with E-state index in [1.165, 1.54) is 6.07 Å². The molecule has 1 aromatic rings. The fourth-order valence-corrected chi connectivity index (χ4v) is 2.34. The summed E-state index contributed by atoms with van der Waals surface area (Å²) in [6.45, 7) is 0.708. The third kappa shape index (κ3) is 2.87. The second-order valence-electron chi connectivity index (χ2n) is 3.98. The van der Waals surface area contributed by atoms with Gasteiger partial charge in [-0.15, -0.1) is 0 Å². The molecule has 0 spiro atoms. The fraction of sp³-hybridized carbons (Fsp3) is 0.385. The van der Waals surface area contributed by atoms with Crippen LogP contribution < -0.4 is 5.32 Å². The number of hydrogen-bond acceptors (Lipinski definition) is 2. The highest BCUT2D eigenvalue weighted by atomic mass is 79.9. The van der Waals surface area contributed by atoms with E-state index < -0.39 is 0 Å². The molecule has 17 heavy (non-hydrogen) atoms. The predicted molar refractivity (Wildman–Crippen MR) is 69.2 cm³/mol. The molecule has 2 nitrogen and oxygen atoms in total. The summed E-state index contributed by atoms with van der Waals surface area (Å²) in [5, 5.41) is 3.10. The minimum atomic E-state index is -0.220. The van der Waals surface area contributed by atoms with Crippen molar-refractivity contribution in [1.29, 1.82) is 0 Å². The van der Waals surface area contributed by atoms with Gasteiger partial charge < -0.3 is 10.1 Å². The molecular weight excluding hydrogens is 285 g/mol. The smallest absolute Gasteiger partial charge is 0.128 e. The van der Waals surface area contributed by atoms with Crippen molar-refractivity contribution in [2.24, 2.45) is 0 Å². The molecule has 1 unspecified atom stereocenters. The maximum absolute atomic E-state index is 13.8. The first-order valence-corrected chi connectivity index (χ1v) is 6.46. The highest BCUT2D eigenvalue weighted by Crippen LogP contribution is 2.29. The molecule has 1 atom stereocenters. The van der Waals surface area contributed by atoms with Crippen molar-refractivity contribution in [3.05, 3.63) is 45.9 Å². The van der Waals surface area contributed by atoms with Gasteiger partial charge in [0.25, 0.3) is 0 Å². The van der Waals surface area contributed by atoms with Crippen LogP contribution in [0.2, 0.25) is 0 Å². The molecule has 2 rings (SSSR count). The zero-order valence-electron chi connectivity index (χ0n) is 9.67. The van der Waals surface area contributed by atoms with E-state index in [-0.39, 0.29) is 11.9 Å². The normalized spacial score (nSPS) is 17.2. The molecule has 1 aliphatic rings. The molecule has 0 fully saturated rings. The first-order chi connectivity index (χ1) is 8.22. The number of ether oxygens (including phenoxy) is 1. The highest BCUT2D eigenvalue weighted by Gasteiger charge is 2.21. The van der Waals surface area contributed by atoms with Gasteiger partial charge in [-0.3, -0.25) is 0 Å². The number of benzene rings is 1. The number of allylic oxidation sites excluding steroid dienone is 1. The Morgan fingerprint density at radius 2 is 2.29 bits per heavy atom. The minimum Gasteiger partial charge on any atom is -0.496 e. The van der Waals surface area contributed by atoms with Crippen LogP contribution in [0, 0.1) is 5.82 Å². The lowest BCUT2D eigenvalue weighted by Crippen LogP contribution is -2.23. The van der Waals surface area contributed by atoms with Gasteiger partial charge in [0.15, 0.2) is 0 Å². The van der Waals surface area contributed by atoms with Crippen LogP contribution in [0.5, 0.6) is 0 Å². The summed E-state index contributed by atoms with van der Waals surface area (Å²) in [7, 11) is 1.81. The average Bonchev–Trinajstić information content (AvgIpc) is 2.36. The number of rotatable bonds is 3. The summed E-state index contributed by atoms with van der Waals surface area (Å²) < 4.78 is 20.3. The third-order valence-corrected chi connectivity index (χ3v) is 3.30. The SMILES string of the molecule is CNC(C1=CCCCO1)c1cc(Br)ccc1F. The molecule has 1 aromatic carbocycles. The zero-order chi connectivity index (χ0) is 12.3. The summed E-state index contributed by atoms with van der Waals surface area (Å²) in [5.74, 6) is 0.596. The van der Waals surface area contributed by atoms with Crippen LogP contribution in [-0.4, -0.2) is 13.7 Å². The van der Waals surface area contributed by atoms with Crippen molar-refractivity contribution in [3.8, 4) is 0 Å². The number of likely N-dealkylation sites (N-methyl/N-ethyl adjacent to an activating group) is 1. The molecule has 1 heterocycles. The highest BCUT2D eigenvalue weighted by molar-refractivity contribution is 9.10. The van der Waals surface area contributed by atoms with Crippen molar-refractivity contribution >= 4 is 15.9 Å². The summed E-state index contributed by atoms with van der Waals surface area (Å²) in [5.41, 5.74) is 0.607. The standard InChI is InChI=1S/C13H15BrFNO/c1-16-13(12-4-2-3-7-17-12)10-8-9(14)5-6-11(10)15/h4-6,8,13,16H,2-3,7H2,1H3. The van der Waals surface area contributed by atoms with Crippen LogP contribution in [0.25, 0.3) is 0 Å². The second-order valence-corrected chi connectivity index (χ2v) is 4.90. The van der Waals surface area contributed by atoms with E-state index in [1.54, 1.807) is 12.1 Å². The molecular formula is C13H15BrFNO. The van der Waals surface area contributed by atoms with E-state index in [0.29, 0.717) is 12.2 Å². The molecule has 92 valence electrons. The molecule has 0 saturated heterocycles. The fourth-order valence-electron chi connectivity index (χ4n) is 1.96. The van der Waals surface area contributed by atoms with Crippen molar-refractivity contribution in [1.82, 2.24) is 5.32 Å². The summed E-state index contributed by atoms with van der Waals surface area (Å²) in [6.07, 6.45) is 4.05. The molecule has 4 heteroatoms. The first kappa shape index (κ1) is 12.6. The maximum Gasteiger partial charge on any atom is 0.128 e. The molecule has 1 N–H and O–H groups in total. The van der Waals surface area contributed by atoms with E-state index in [9.17, 15) is 4.39 Å². The first-order valence-electron chi connectivity index (χ1n) is 5.67. The van der Waals surface area contributed by atoms with Crippen molar-refractivity contribution in [2.45, 2.75) is 18.9 Å². The Kier molecular flexibility index (Phi) is 4.18. The topological polar surface area (TPSA) is 21.3 Å². The van der Waals surface area contributed by atoms with Gasteiger partial charge in [-0.25, -0.2) is 4.39 Å². The predicted octanol–water partition coefficient (Wildman–Crippen LogP) is 3.54. The molecule has 0 amide bonds. The molecule has 1 aliphatic heterocycles. The van der Waals surface area contributed by atoms with Gasteiger partial charge in [0, 0.05) is 10.0 Å². The van der Waals surface area contributed by atoms with Crippen LogP contribution in [0.3, 0.4) is 0 Å². The minimum absolute atomic E-state index is 0.215. The molecule has 0 aromatic heterocycles. The Morgan fingerprint density at radius 1 is 1.47 bits per heavy atom. The van der Waals surface area contributed by atoms with Crippen LogP contribution in [0.1, 0.15) is 24.4 Å². The lowest BCUT2D eigenvalue weighted by molar-refractivity contribution is 0.168. The zero-order valence-corrected chi connectivity index (χ0v) is 11.3. The summed E-state index contributed by atoms with van der Waals surface area (Å²) in [4.78, 5) is 0. The Hall–Kier alpha value is -0.870. The number of hydrogen-bond donors (Lipinski definition) is 1. The van der Waals surface area contributed by atoms with Gasteiger partial charge in [0.05, 0.1) is 12.6 Å². The summed E-state index contributed by atoms with van der Waals surface area (Å²) >= 11 is 3.36. The summed E-state index contributed by atoms with van der Waals surface area (Å²) in [6, 6.07) is 4.73.